The molecule has 0 radical (unpaired) electrons. The Morgan fingerprint density at radius 3 is 2.79 bits per heavy atom. The van der Waals surface area contributed by atoms with Gasteiger partial charge in [-0.05, 0) is 24.9 Å². The van der Waals surface area contributed by atoms with E-state index in [1.165, 1.54) is 18.4 Å². The first-order chi connectivity index (χ1) is 9.31. The van der Waals surface area contributed by atoms with Crippen molar-refractivity contribution in [1.82, 2.24) is 5.32 Å². The first-order valence-corrected chi connectivity index (χ1v) is 8.37. The molecule has 2 nitrogen and oxygen atoms in total. The first kappa shape index (κ1) is 14.9. The van der Waals surface area contributed by atoms with E-state index in [0.717, 1.165) is 18.9 Å². The molecule has 3 unspecified atom stereocenters. The van der Waals surface area contributed by atoms with Crippen LogP contribution in [0.2, 0.25) is 0 Å². The van der Waals surface area contributed by atoms with Gasteiger partial charge in [0.25, 0.3) is 0 Å². The van der Waals surface area contributed by atoms with Crippen molar-refractivity contribution in [2.45, 2.75) is 44.1 Å². The van der Waals surface area contributed by atoms with Crippen molar-refractivity contribution in [3.05, 3.63) is 35.9 Å². The van der Waals surface area contributed by atoms with Crippen molar-refractivity contribution in [1.29, 1.82) is 0 Å². The molecule has 3 atom stereocenters. The Morgan fingerprint density at radius 2 is 2.16 bits per heavy atom. The number of nitrogens with one attached hydrogen (secondary N) is 1. The quantitative estimate of drug-likeness (QED) is 0.823. The second-order valence-corrected chi connectivity index (χ2v) is 6.53. The predicted molar refractivity (Wildman–Crippen MR) is 83.8 cm³/mol. The monoisotopic (exact) mass is 279 g/mol. The molecule has 1 fully saturated rings. The average Bonchev–Trinajstić information content (AvgIpc) is 2.96. The Balaban J connectivity index is 1.90. The predicted octanol–water partition coefficient (Wildman–Crippen LogP) is 3.64. The summed E-state index contributed by atoms with van der Waals surface area (Å²) in [6, 6.07) is 11.2. The van der Waals surface area contributed by atoms with E-state index in [1.54, 1.807) is 0 Å². The molecule has 0 aromatic heterocycles. The molecule has 0 spiro atoms. The Labute approximate surface area is 121 Å². The van der Waals surface area contributed by atoms with E-state index in [4.69, 9.17) is 4.74 Å². The van der Waals surface area contributed by atoms with Crippen LogP contribution in [0, 0.1) is 0 Å². The highest BCUT2D eigenvalue weighted by Gasteiger charge is 2.22. The van der Waals surface area contributed by atoms with Gasteiger partial charge in [-0.1, -0.05) is 44.2 Å². The van der Waals surface area contributed by atoms with Gasteiger partial charge in [0.05, 0.1) is 6.10 Å². The maximum Gasteiger partial charge on any atom is 0.0666 e. The summed E-state index contributed by atoms with van der Waals surface area (Å²) in [6.45, 7) is 6.45. The number of ether oxygens (including phenoxy) is 1. The van der Waals surface area contributed by atoms with Gasteiger partial charge in [-0.3, -0.25) is 0 Å². The molecular weight excluding hydrogens is 254 g/mol. The third-order valence-corrected chi connectivity index (χ3v) is 4.98. The van der Waals surface area contributed by atoms with E-state index in [-0.39, 0.29) is 0 Å². The Bertz CT molecular complexity index is 351. The molecule has 0 bridgehead atoms. The minimum Gasteiger partial charge on any atom is -0.377 e. The number of benzene rings is 1. The zero-order chi connectivity index (χ0) is 13.5. The standard InChI is InChI=1S/C16H25NOS/c1-3-17-16(14-8-5-4-6-9-14)13(2)19-12-15-10-7-11-18-15/h4-6,8-9,13,15-17H,3,7,10-12H2,1-2H3. The van der Waals surface area contributed by atoms with Crippen LogP contribution in [0.15, 0.2) is 30.3 Å². The topological polar surface area (TPSA) is 21.3 Å². The summed E-state index contributed by atoms with van der Waals surface area (Å²) in [5.74, 6) is 1.12. The lowest BCUT2D eigenvalue weighted by molar-refractivity contribution is 0.128. The van der Waals surface area contributed by atoms with E-state index < -0.39 is 0 Å². The largest absolute Gasteiger partial charge is 0.377 e. The second-order valence-electron chi connectivity index (χ2n) is 5.12. The Kier molecular flexibility index (Phi) is 6.21. The summed E-state index contributed by atoms with van der Waals surface area (Å²) in [7, 11) is 0. The maximum atomic E-state index is 5.71. The van der Waals surface area contributed by atoms with E-state index in [1.807, 2.05) is 11.8 Å². The third kappa shape index (κ3) is 4.51. The third-order valence-electron chi connectivity index (χ3n) is 3.62. The van der Waals surface area contributed by atoms with Gasteiger partial charge < -0.3 is 10.1 Å². The minimum absolute atomic E-state index is 0.428. The fourth-order valence-electron chi connectivity index (χ4n) is 2.57. The van der Waals surface area contributed by atoms with Crippen molar-refractivity contribution >= 4 is 11.8 Å². The summed E-state index contributed by atoms with van der Waals surface area (Å²) < 4.78 is 5.71. The van der Waals surface area contributed by atoms with Crippen LogP contribution in [0.5, 0.6) is 0 Å². The van der Waals surface area contributed by atoms with Crippen LogP contribution in [0.25, 0.3) is 0 Å². The van der Waals surface area contributed by atoms with E-state index in [0.29, 0.717) is 17.4 Å². The fraction of sp³-hybridized carbons (Fsp3) is 0.625. The van der Waals surface area contributed by atoms with Crippen LogP contribution in [-0.4, -0.2) is 30.3 Å². The molecule has 19 heavy (non-hydrogen) atoms. The van der Waals surface area contributed by atoms with Gasteiger partial charge in [-0.15, -0.1) is 0 Å². The van der Waals surface area contributed by atoms with Crippen molar-refractivity contribution in [3.63, 3.8) is 0 Å². The van der Waals surface area contributed by atoms with Gasteiger partial charge in [-0.2, -0.15) is 11.8 Å². The van der Waals surface area contributed by atoms with Crippen molar-refractivity contribution in [2.75, 3.05) is 18.9 Å². The Morgan fingerprint density at radius 1 is 1.37 bits per heavy atom. The van der Waals surface area contributed by atoms with Crippen LogP contribution in [0.1, 0.15) is 38.3 Å². The van der Waals surface area contributed by atoms with Gasteiger partial charge in [0.15, 0.2) is 0 Å². The number of thioether (sulfide) groups is 1. The minimum atomic E-state index is 0.428. The summed E-state index contributed by atoms with van der Waals surface area (Å²) in [6.07, 6.45) is 2.94. The lowest BCUT2D eigenvalue weighted by Gasteiger charge is -2.25. The molecule has 0 amide bonds. The van der Waals surface area contributed by atoms with E-state index in [2.05, 4.69) is 49.5 Å². The van der Waals surface area contributed by atoms with Crippen LogP contribution < -0.4 is 5.32 Å². The molecule has 2 rings (SSSR count). The lowest BCUT2D eigenvalue weighted by atomic mass is 10.0. The van der Waals surface area contributed by atoms with Gasteiger partial charge in [-0.25, -0.2) is 0 Å². The summed E-state index contributed by atoms with van der Waals surface area (Å²) in [5.41, 5.74) is 1.39. The van der Waals surface area contributed by atoms with Crippen molar-refractivity contribution < 1.29 is 4.74 Å². The van der Waals surface area contributed by atoms with Gasteiger partial charge in [0.1, 0.15) is 0 Å². The number of hydrogen-bond acceptors (Lipinski definition) is 3. The molecule has 1 N–H and O–H groups in total. The first-order valence-electron chi connectivity index (χ1n) is 7.32. The molecule has 0 aliphatic carbocycles. The van der Waals surface area contributed by atoms with Crippen LogP contribution >= 0.6 is 11.8 Å². The maximum absolute atomic E-state index is 5.71. The molecule has 1 saturated heterocycles. The SMILES string of the molecule is CCNC(c1ccccc1)C(C)SCC1CCCO1. The average molecular weight is 279 g/mol. The van der Waals surface area contributed by atoms with Gasteiger partial charge in [0, 0.05) is 23.7 Å². The summed E-state index contributed by atoms with van der Waals surface area (Å²) in [5, 5.41) is 4.17. The van der Waals surface area contributed by atoms with Crippen LogP contribution in [0.3, 0.4) is 0 Å². The van der Waals surface area contributed by atoms with Crippen LogP contribution in [-0.2, 0) is 4.74 Å². The highest BCUT2D eigenvalue weighted by molar-refractivity contribution is 7.99. The molecule has 1 heterocycles. The van der Waals surface area contributed by atoms with Crippen LogP contribution in [0.4, 0.5) is 0 Å². The molecule has 106 valence electrons. The second kappa shape index (κ2) is 7.93. The smallest absolute Gasteiger partial charge is 0.0666 e. The van der Waals surface area contributed by atoms with Crippen molar-refractivity contribution in [2.24, 2.45) is 0 Å². The van der Waals surface area contributed by atoms with Gasteiger partial charge in [0.2, 0.25) is 0 Å². The molecule has 1 aliphatic rings. The summed E-state index contributed by atoms with van der Waals surface area (Å²) >= 11 is 2.03. The Hall–Kier alpha value is -0.510. The summed E-state index contributed by atoms with van der Waals surface area (Å²) in [4.78, 5) is 0. The highest BCUT2D eigenvalue weighted by Crippen LogP contribution is 2.28. The molecule has 1 aromatic rings. The van der Waals surface area contributed by atoms with E-state index in [9.17, 15) is 0 Å². The molecule has 0 saturated carbocycles. The zero-order valence-corrected chi connectivity index (χ0v) is 12.8. The normalized spacial score (nSPS) is 22.3. The molecule has 3 heteroatoms. The highest BCUT2D eigenvalue weighted by atomic mass is 32.2. The van der Waals surface area contributed by atoms with Crippen molar-refractivity contribution in [3.8, 4) is 0 Å². The lowest BCUT2D eigenvalue weighted by Crippen LogP contribution is -2.29. The zero-order valence-electron chi connectivity index (χ0n) is 12.0. The fourth-order valence-corrected chi connectivity index (χ4v) is 3.79. The van der Waals surface area contributed by atoms with E-state index >= 15 is 0 Å². The number of hydrogen-bond donors (Lipinski definition) is 1. The molecule has 1 aromatic carbocycles. The van der Waals surface area contributed by atoms with Gasteiger partial charge >= 0.3 is 0 Å². The molecule has 1 aliphatic heterocycles. The number of rotatable bonds is 7. The molecular formula is C16H25NOS.